The molecule has 2 aromatic rings. The number of aliphatic hydroxyl groups is 1. The topological polar surface area (TPSA) is 83.0 Å². The van der Waals surface area contributed by atoms with E-state index in [1.54, 1.807) is 13.8 Å². The number of aryl methyl sites for hydroxylation is 2. The smallest absolute Gasteiger partial charge is 0.393 e. The van der Waals surface area contributed by atoms with E-state index in [9.17, 15) is 18.3 Å². The first-order valence-corrected chi connectivity index (χ1v) is 11.1. The first kappa shape index (κ1) is 23.5. The van der Waals surface area contributed by atoms with Crippen molar-refractivity contribution in [3.63, 3.8) is 0 Å². The number of alkyl halides is 3. The highest BCUT2D eigenvalue weighted by Crippen LogP contribution is 2.37. The van der Waals surface area contributed by atoms with E-state index in [0.29, 0.717) is 17.1 Å². The highest BCUT2D eigenvalue weighted by Gasteiger charge is 2.30. The number of rotatable bonds is 7. The molecule has 0 saturated heterocycles. The van der Waals surface area contributed by atoms with Gasteiger partial charge in [-0.2, -0.15) is 18.2 Å². The number of aromatic nitrogens is 3. The molecule has 1 fully saturated rings. The molecule has 1 saturated carbocycles. The zero-order valence-electron chi connectivity index (χ0n) is 18.0. The Hall–Kier alpha value is -2.20. The molecule has 31 heavy (non-hydrogen) atoms. The minimum absolute atomic E-state index is 0.0687. The Morgan fingerprint density at radius 2 is 1.97 bits per heavy atom. The zero-order valence-corrected chi connectivity index (χ0v) is 18.9. The third-order valence-corrected chi connectivity index (χ3v) is 6.41. The van der Waals surface area contributed by atoms with Gasteiger partial charge < -0.3 is 15.7 Å². The van der Waals surface area contributed by atoms with E-state index < -0.39 is 18.8 Å². The molecule has 10 heteroatoms. The second kappa shape index (κ2) is 9.52. The molecule has 0 aliphatic heterocycles. The number of hydrogen-bond acceptors (Lipinski definition) is 7. The number of allylic oxidation sites excluding steroid dienone is 1. The lowest BCUT2D eigenvalue weighted by atomic mass is 10.0. The van der Waals surface area contributed by atoms with Crippen LogP contribution in [-0.2, 0) is 0 Å². The van der Waals surface area contributed by atoms with Gasteiger partial charge in [0.05, 0.1) is 23.1 Å². The summed E-state index contributed by atoms with van der Waals surface area (Å²) < 4.78 is 38.0. The molecule has 0 amide bonds. The average molecular weight is 456 g/mol. The van der Waals surface area contributed by atoms with Gasteiger partial charge >= 0.3 is 6.18 Å². The Bertz CT molecular complexity index is 942. The molecule has 2 aromatic heterocycles. The number of nitrogens with zero attached hydrogens (tertiary/aromatic N) is 3. The van der Waals surface area contributed by atoms with Crippen molar-refractivity contribution in [2.24, 2.45) is 5.92 Å². The molecule has 6 nitrogen and oxygen atoms in total. The van der Waals surface area contributed by atoms with Gasteiger partial charge in [-0.3, -0.25) is 0 Å². The van der Waals surface area contributed by atoms with Crippen LogP contribution in [0.4, 0.5) is 24.9 Å². The third kappa shape index (κ3) is 5.94. The van der Waals surface area contributed by atoms with E-state index >= 15 is 0 Å². The van der Waals surface area contributed by atoms with E-state index in [2.05, 4.69) is 20.6 Å². The molecule has 1 aliphatic carbocycles. The second-order valence-electron chi connectivity index (χ2n) is 7.94. The van der Waals surface area contributed by atoms with Crippen molar-refractivity contribution in [3.05, 3.63) is 22.3 Å². The van der Waals surface area contributed by atoms with E-state index in [4.69, 9.17) is 4.98 Å². The summed E-state index contributed by atoms with van der Waals surface area (Å²) in [5.74, 6) is 0.581. The van der Waals surface area contributed by atoms with Crippen LogP contribution in [0.3, 0.4) is 0 Å². The molecule has 0 spiro atoms. The summed E-state index contributed by atoms with van der Waals surface area (Å²) >= 11 is 1.50. The number of thiazole rings is 1. The Balaban J connectivity index is 1.97. The molecule has 3 N–H and O–H groups in total. The van der Waals surface area contributed by atoms with Crippen LogP contribution in [-0.4, -0.2) is 44.9 Å². The van der Waals surface area contributed by atoms with E-state index in [1.165, 1.54) is 11.3 Å². The molecule has 0 aromatic carbocycles. The second-order valence-corrected chi connectivity index (χ2v) is 9.14. The van der Waals surface area contributed by atoms with Crippen molar-refractivity contribution >= 4 is 29.2 Å². The van der Waals surface area contributed by atoms with Gasteiger partial charge in [0.2, 0.25) is 5.95 Å². The van der Waals surface area contributed by atoms with Gasteiger partial charge in [0.1, 0.15) is 17.4 Å². The van der Waals surface area contributed by atoms with Gasteiger partial charge in [-0.25, -0.2) is 9.97 Å². The lowest BCUT2D eigenvalue weighted by Crippen LogP contribution is -2.24. The Morgan fingerprint density at radius 1 is 1.23 bits per heavy atom. The van der Waals surface area contributed by atoms with Gasteiger partial charge in [0, 0.05) is 10.9 Å². The van der Waals surface area contributed by atoms with Crippen molar-refractivity contribution in [1.82, 2.24) is 15.0 Å². The lowest BCUT2D eigenvalue weighted by molar-refractivity contribution is -0.115. The normalized spacial score (nSPS) is 20.4. The van der Waals surface area contributed by atoms with E-state index in [0.717, 1.165) is 34.8 Å². The first-order valence-electron chi connectivity index (χ1n) is 10.3. The van der Waals surface area contributed by atoms with Crippen LogP contribution in [0.5, 0.6) is 0 Å². The SMILES string of the molecule is C/C=C\c1nc(-c2c(C)nc(NCC(F)(F)F)nc2N[C@H]2CCC(C(C)O)C2)sc1C. The summed E-state index contributed by atoms with van der Waals surface area (Å²) in [7, 11) is 0. The predicted molar refractivity (Wildman–Crippen MR) is 118 cm³/mol. The van der Waals surface area contributed by atoms with Crippen LogP contribution in [0.25, 0.3) is 16.6 Å². The van der Waals surface area contributed by atoms with E-state index in [1.807, 2.05) is 26.0 Å². The maximum Gasteiger partial charge on any atom is 0.405 e. The van der Waals surface area contributed by atoms with Crippen LogP contribution in [0, 0.1) is 19.8 Å². The van der Waals surface area contributed by atoms with Gasteiger partial charge in [0.15, 0.2) is 0 Å². The van der Waals surface area contributed by atoms with Crippen LogP contribution in [0.2, 0.25) is 0 Å². The van der Waals surface area contributed by atoms with Crippen molar-refractivity contribution in [1.29, 1.82) is 0 Å². The maximum atomic E-state index is 12.7. The van der Waals surface area contributed by atoms with Crippen molar-refractivity contribution in [3.8, 4) is 10.6 Å². The summed E-state index contributed by atoms with van der Waals surface area (Å²) in [6.45, 7) is 6.22. The summed E-state index contributed by atoms with van der Waals surface area (Å²) in [5, 5.41) is 16.3. The van der Waals surface area contributed by atoms with Crippen molar-refractivity contribution in [2.45, 2.75) is 65.3 Å². The van der Waals surface area contributed by atoms with E-state index in [-0.39, 0.29) is 17.9 Å². The summed E-state index contributed by atoms with van der Waals surface area (Å²) in [5.41, 5.74) is 2.09. The number of anilines is 2. The standard InChI is InChI=1S/C21H28F3N5OS/c1-5-6-16-13(4)31-19(28-16)17-11(2)26-20(25-10-21(22,23)24)29-18(17)27-15-8-7-14(9-15)12(3)30/h5-6,12,14-15,30H,7-10H2,1-4H3,(H2,25,26,27,29)/b6-5-/t12?,14?,15-/m0/s1. The monoisotopic (exact) mass is 455 g/mol. The van der Waals surface area contributed by atoms with Gasteiger partial charge in [-0.05, 0) is 59.0 Å². The first-order chi connectivity index (χ1) is 14.6. The summed E-state index contributed by atoms with van der Waals surface area (Å²) in [6, 6.07) is 0.0687. The highest BCUT2D eigenvalue weighted by atomic mass is 32.1. The summed E-state index contributed by atoms with van der Waals surface area (Å²) in [6.07, 6.45) is 1.57. The van der Waals surface area contributed by atoms with Crippen LogP contribution in [0.1, 0.15) is 49.4 Å². The number of halogens is 3. The molecule has 1 aliphatic rings. The predicted octanol–water partition coefficient (Wildman–Crippen LogP) is 5.19. The Kier molecular flexibility index (Phi) is 7.20. The molecular weight excluding hydrogens is 427 g/mol. The Morgan fingerprint density at radius 3 is 2.58 bits per heavy atom. The molecule has 3 atom stereocenters. The average Bonchev–Trinajstić information content (AvgIpc) is 3.27. The fraction of sp³-hybridized carbons (Fsp3) is 0.571. The molecule has 170 valence electrons. The molecule has 3 rings (SSSR count). The molecule has 2 heterocycles. The minimum atomic E-state index is -4.37. The Labute approximate surface area is 184 Å². The highest BCUT2D eigenvalue weighted by molar-refractivity contribution is 7.15. The van der Waals surface area contributed by atoms with Gasteiger partial charge in [0.25, 0.3) is 0 Å². The van der Waals surface area contributed by atoms with Gasteiger partial charge in [-0.15, -0.1) is 11.3 Å². The van der Waals surface area contributed by atoms with Crippen LogP contribution in [0.15, 0.2) is 6.08 Å². The fourth-order valence-corrected chi connectivity index (χ4v) is 4.80. The zero-order chi connectivity index (χ0) is 22.8. The van der Waals surface area contributed by atoms with Crippen molar-refractivity contribution in [2.75, 3.05) is 17.2 Å². The largest absolute Gasteiger partial charge is 0.405 e. The van der Waals surface area contributed by atoms with Crippen LogP contribution >= 0.6 is 11.3 Å². The molecular formula is C21H28F3N5OS. The van der Waals surface area contributed by atoms with Crippen LogP contribution < -0.4 is 10.6 Å². The van der Waals surface area contributed by atoms with Gasteiger partial charge in [-0.1, -0.05) is 6.08 Å². The maximum absolute atomic E-state index is 12.7. The molecule has 2 unspecified atom stereocenters. The number of aliphatic hydroxyl groups excluding tert-OH is 1. The summed E-state index contributed by atoms with van der Waals surface area (Å²) in [4.78, 5) is 14.4. The molecule has 0 bridgehead atoms. The number of hydrogen-bond donors (Lipinski definition) is 3. The molecule has 0 radical (unpaired) electrons. The number of nitrogens with one attached hydrogen (secondary N) is 2. The third-order valence-electron chi connectivity index (χ3n) is 5.40. The lowest BCUT2D eigenvalue weighted by Gasteiger charge is -2.19. The minimum Gasteiger partial charge on any atom is -0.393 e. The quantitative estimate of drug-likeness (QED) is 0.533. The fourth-order valence-electron chi connectivity index (χ4n) is 3.80. The van der Waals surface area contributed by atoms with Crippen molar-refractivity contribution < 1.29 is 18.3 Å².